The minimum absolute atomic E-state index is 0.0547. The first-order chi connectivity index (χ1) is 19.9. The maximum Gasteiger partial charge on any atom is 0.207 e. The topological polar surface area (TPSA) is 223 Å². The average molecular weight is 564 g/mol. The first-order valence-electron chi connectivity index (χ1n) is 13.1. The molecule has 4 atom stereocenters. The molecular formula is C27H33N9O5. The Balaban J connectivity index is 1.28. The Bertz CT molecular complexity index is 1500. The van der Waals surface area contributed by atoms with Crippen molar-refractivity contribution in [1.29, 1.82) is 5.41 Å². The molecule has 0 bridgehead atoms. The van der Waals surface area contributed by atoms with Crippen LogP contribution in [0, 0.1) is 5.41 Å². The number of nitrogens with zero attached hydrogens (tertiary/aromatic N) is 4. The van der Waals surface area contributed by atoms with Crippen molar-refractivity contribution < 1.29 is 24.8 Å². The van der Waals surface area contributed by atoms with Gasteiger partial charge in [-0.15, -0.1) is 0 Å². The van der Waals surface area contributed by atoms with E-state index < -0.39 is 31.1 Å². The Morgan fingerprint density at radius 3 is 2.63 bits per heavy atom. The lowest BCUT2D eigenvalue weighted by Gasteiger charge is -2.19. The Kier molecular flexibility index (Phi) is 8.45. The van der Waals surface area contributed by atoms with Gasteiger partial charge in [-0.2, -0.15) is 0 Å². The lowest BCUT2D eigenvalue weighted by Crippen LogP contribution is -2.33. The number of imidazole rings is 1. The van der Waals surface area contributed by atoms with Crippen molar-refractivity contribution in [2.24, 2.45) is 5.73 Å². The van der Waals surface area contributed by atoms with Crippen LogP contribution in [-0.4, -0.2) is 78.9 Å². The number of ether oxygens (including phenoxy) is 2. The van der Waals surface area contributed by atoms with E-state index in [9.17, 15) is 15.3 Å². The van der Waals surface area contributed by atoms with E-state index >= 15 is 0 Å². The number of anilines is 2. The van der Waals surface area contributed by atoms with Gasteiger partial charge in [-0.3, -0.25) is 9.98 Å². The number of fused-ring (bicyclic) bond motifs is 1. The highest BCUT2D eigenvalue weighted by molar-refractivity contribution is 5.84. The van der Waals surface area contributed by atoms with Crippen LogP contribution in [0.15, 0.2) is 54.9 Å². The van der Waals surface area contributed by atoms with Crippen LogP contribution in [0.5, 0.6) is 5.75 Å². The number of aromatic nitrogens is 4. The van der Waals surface area contributed by atoms with Crippen molar-refractivity contribution >= 4 is 28.9 Å². The van der Waals surface area contributed by atoms with Gasteiger partial charge in [0.05, 0.1) is 13.2 Å². The van der Waals surface area contributed by atoms with Crippen molar-refractivity contribution in [3.63, 3.8) is 0 Å². The summed E-state index contributed by atoms with van der Waals surface area (Å²) in [6.07, 6.45) is -2.61. The van der Waals surface area contributed by atoms with Gasteiger partial charge < -0.3 is 46.9 Å². The molecule has 1 aliphatic heterocycles. The van der Waals surface area contributed by atoms with Crippen LogP contribution in [-0.2, 0) is 11.3 Å². The quantitative estimate of drug-likeness (QED) is 0.0712. The third-order valence-corrected chi connectivity index (χ3v) is 6.75. The van der Waals surface area contributed by atoms with Gasteiger partial charge in [0.1, 0.15) is 30.4 Å². The summed E-state index contributed by atoms with van der Waals surface area (Å²) in [5, 5.41) is 43.7. The molecular weight excluding hydrogens is 530 g/mol. The zero-order chi connectivity index (χ0) is 28.9. The van der Waals surface area contributed by atoms with Crippen LogP contribution in [0.25, 0.3) is 22.3 Å². The van der Waals surface area contributed by atoms with Gasteiger partial charge in [0, 0.05) is 13.1 Å². The largest absolute Gasteiger partial charge is 0.494 e. The zero-order valence-corrected chi connectivity index (χ0v) is 22.1. The van der Waals surface area contributed by atoms with Crippen LogP contribution in [0.4, 0.5) is 11.8 Å². The number of nitrogen functional groups attached to an aromatic ring is 1. The van der Waals surface area contributed by atoms with Crippen LogP contribution < -0.4 is 26.8 Å². The van der Waals surface area contributed by atoms with E-state index in [1.807, 2.05) is 48.5 Å². The Hall–Kier alpha value is -4.50. The highest BCUT2D eigenvalue weighted by atomic mass is 16.6. The third kappa shape index (κ3) is 6.15. The van der Waals surface area contributed by atoms with Crippen LogP contribution in [0.1, 0.15) is 18.2 Å². The van der Waals surface area contributed by atoms with Crippen LogP contribution >= 0.6 is 0 Å². The molecule has 0 unspecified atom stereocenters. The molecule has 0 aliphatic carbocycles. The number of hydrogen-bond acceptors (Lipinski definition) is 11. The summed E-state index contributed by atoms with van der Waals surface area (Å²) in [7, 11) is 0. The second kappa shape index (κ2) is 12.3. The van der Waals surface area contributed by atoms with Crippen LogP contribution in [0.2, 0.25) is 0 Å². The predicted molar refractivity (Wildman–Crippen MR) is 152 cm³/mol. The number of benzene rings is 2. The lowest BCUT2D eigenvalue weighted by molar-refractivity contribution is -0.0501. The van der Waals surface area contributed by atoms with Gasteiger partial charge in [0.15, 0.2) is 29.2 Å². The van der Waals surface area contributed by atoms with Crippen molar-refractivity contribution in [3.05, 3.63) is 60.4 Å². The lowest BCUT2D eigenvalue weighted by atomic mass is 10.0. The molecule has 0 radical (unpaired) electrons. The Morgan fingerprint density at radius 1 is 1.10 bits per heavy atom. The van der Waals surface area contributed by atoms with Crippen molar-refractivity contribution in [2.75, 3.05) is 30.8 Å². The van der Waals surface area contributed by atoms with E-state index in [0.29, 0.717) is 43.2 Å². The normalized spacial score (nSPS) is 20.3. The van der Waals surface area contributed by atoms with E-state index in [1.165, 1.54) is 10.9 Å². The van der Waals surface area contributed by atoms with Crippen molar-refractivity contribution in [3.8, 4) is 16.9 Å². The number of rotatable bonds is 11. The standard InChI is InChI=1S/C27H33N9O5/c28-23-20-24(34-14-33-23)36(25-22(39)21(38)19(13-37)41-25)27(35-20)32-12-15-5-7-16(8-6-15)17-3-1-4-18(11-17)40-10-2-9-31-26(29)30/h1,3-8,11,14,19,21-22,25,37-39H,2,9-10,12-13H2,(H,32,35)(H2,28,33,34)(H4,29,30,31)/t19-,21-,22-,25-/m1/s1. The molecule has 216 valence electrons. The summed E-state index contributed by atoms with van der Waals surface area (Å²) >= 11 is 0. The second-order valence-corrected chi connectivity index (χ2v) is 9.59. The van der Waals surface area contributed by atoms with Crippen molar-refractivity contribution in [2.45, 2.75) is 37.5 Å². The Labute approximate surface area is 235 Å². The number of aliphatic hydroxyl groups excluding tert-OH is 3. The van der Waals surface area contributed by atoms with Crippen molar-refractivity contribution in [1.82, 2.24) is 24.8 Å². The molecule has 1 fully saturated rings. The predicted octanol–water partition coefficient (Wildman–Crippen LogP) is 0.551. The number of hydrogen-bond donors (Lipinski definition) is 8. The summed E-state index contributed by atoms with van der Waals surface area (Å²) in [4.78, 5) is 12.8. The molecule has 4 aromatic rings. The summed E-state index contributed by atoms with van der Waals surface area (Å²) < 4.78 is 13.1. The molecule has 14 heteroatoms. The maximum absolute atomic E-state index is 10.7. The fourth-order valence-electron chi connectivity index (χ4n) is 4.63. The summed E-state index contributed by atoms with van der Waals surface area (Å²) in [6.45, 7) is 0.990. The smallest absolute Gasteiger partial charge is 0.207 e. The molecule has 0 saturated carbocycles. The molecule has 0 spiro atoms. The second-order valence-electron chi connectivity index (χ2n) is 9.59. The average Bonchev–Trinajstić information content (AvgIpc) is 3.49. The van der Waals surface area contributed by atoms with E-state index in [-0.39, 0.29) is 11.8 Å². The summed E-state index contributed by atoms with van der Waals surface area (Å²) in [5.74, 6) is 1.17. The Morgan fingerprint density at radius 2 is 1.90 bits per heavy atom. The minimum atomic E-state index is -1.32. The van der Waals surface area contributed by atoms with E-state index in [2.05, 4.69) is 25.6 Å². The molecule has 10 N–H and O–H groups in total. The molecule has 5 rings (SSSR count). The highest BCUT2D eigenvalue weighted by Gasteiger charge is 2.45. The first kappa shape index (κ1) is 28.0. The molecule has 1 saturated heterocycles. The van der Waals surface area contributed by atoms with Gasteiger partial charge in [-0.25, -0.2) is 15.0 Å². The molecule has 14 nitrogen and oxygen atoms in total. The SMILES string of the molecule is N=C(N)NCCCOc1cccc(-c2ccc(CNc3nc4c(N)ncnc4n3[C@@H]3O[C@H](CO)[C@@H](O)[C@H]3O)cc2)c1. The zero-order valence-electron chi connectivity index (χ0n) is 22.1. The number of aliphatic hydroxyl groups is 3. The molecule has 1 aliphatic rings. The summed E-state index contributed by atoms with van der Waals surface area (Å²) in [6, 6.07) is 15.8. The van der Waals surface area contributed by atoms with E-state index in [4.69, 9.17) is 26.4 Å². The maximum atomic E-state index is 10.7. The third-order valence-electron chi connectivity index (χ3n) is 6.75. The van der Waals surface area contributed by atoms with E-state index in [0.717, 1.165) is 22.4 Å². The molecule has 41 heavy (non-hydrogen) atoms. The van der Waals surface area contributed by atoms with E-state index in [1.54, 1.807) is 0 Å². The number of nitrogens with two attached hydrogens (primary N) is 2. The van der Waals surface area contributed by atoms with Gasteiger partial charge in [0.2, 0.25) is 5.95 Å². The van der Waals surface area contributed by atoms with Gasteiger partial charge in [-0.05, 0) is 35.2 Å². The molecule has 0 amide bonds. The van der Waals surface area contributed by atoms with Gasteiger partial charge in [0.25, 0.3) is 0 Å². The summed E-state index contributed by atoms with van der Waals surface area (Å²) in [5.41, 5.74) is 14.9. The molecule has 3 heterocycles. The monoisotopic (exact) mass is 563 g/mol. The number of guanidine groups is 1. The molecule has 2 aromatic carbocycles. The minimum Gasteiger partial charge on any atom is -0.494 e. The fourth-order valence-corrected chi connectivity index (χ4v) is 4.63. The van der Waals surface area contributed by atoms with Gasteiger partial charge in [-0.1, -0.05) is 36.4 Å². The first-order valence-corrected chi connectivity index (χ1v) is 13.1. The molecule has 2 aromatic heterocycles. The highest BCUT2D eigenvalue weighted by Crippen LogP contribution is 2.35. The van der Waals surface area contributed by atoms with Crippen LogP contribution in [0.3, 0.4) is 0 Å². The number of nitrogens with one attached hydrogen (secondary N) is 3. The van der Waals surface area contributed by atoms with Gasteiger partial charge >= 0.3 is 0 Å². The fraction of sp³-hybridized carbons (Fsp3) is 0.333.